The van der Waals surface area contributed by atoms with Gasteiger partial charge in [-0.1, -0.05) is 31.0 Å². The second-order valence-corrected chi connectivity index (χ2v) is 10.6. The highest BCUT2D eigenvalue weighted by atomic mass is 19.4. The number of carboxylic acids is 1. The number of likely N-dealkylation sites (tertiary alicyclic amines) is 1. The molecule has 2 fully saturated rings. The number of hydrogen-bond acceptors (Lipinski definition) is 4. The summed E-state index contributed by atoms with van der Waals surface area (Å²) in [5, 5.41) is 16.7. The van der Waals surface area contributed by atoms with E-state index >= 15 is 0 Å². The Hall–Kier alpha value is -3.02. The Morgan fingerprint density at radius 3 is 2.51 bits per heavy atom. The molecule has 1 aromatic heterocycles. The number of piperidine rings is 1. The summed E-state index contributed by atoms with van der Waals surface area (Å²) < 4.78 is 70.6. The topological polar surface area (TPSA) is 87.5 Å². The molecule has 2 atom stereocenters. The average Bonchev–Trinajstić information content (AvgIpc) is 3.55. The molecule has 214 valence electrons. The largest absolute Gasteiger partial charge is 0.481 e. The van der Waals surface area contributed by atoms with Crippen LogP contribution >= 0.6 is 0 Å². The Balaban J connectivity index is 1.60. The number of halogens is 5. The molecule has 0 bridgehead atoms. The smallest absolute Gasteiger partial charge is 0.417 e. The van der Waals surface area contributed by atoms with Crippen molar-refractivity contribution in [2.75, 3.05) is 19.6 Å². The van der Waals surface area contributed by atoms with Crippen molar-refractivity contribution in [3.8, 4) is 11.3 Å². The summed E-state index contributed by atoms with van der Waals surface area (Å²) in [7, 11) is 0. The van der Waals surface area contributed by atoms with Crippen molar-refractivity contribution >= 4 is 11.9 Å². The number of aliphatic carboxylic acids is 1. The molecule has 1 aromatic carbocycles. The van der Waals surface area contributed by atoms with E-state index in [0.717, 1.165) is 18.9 Å². The van der Waals surface area contributed by atoms with Gasteiger partial charge in [0.25, 0.3) is 11.8 Å². The molecule has 4 rings (SSSR count). The number of rotatable bonds is 9. The van der Waals surface area contributed by atoms with Crippen LogP contribution in [0.1, 0.15) is 74.0 Å². The van der Waals surface area contributed by atoms with Crippen LogP contribution in [0.15, 0.2) is 30.3 Å². The van der Waals surface area contributed by atoms with Crippen molar-refractivity contribution in [3.05, 3.63) is 41.6 Å². The predicted molar refractivity (Wildman–Crippen MR) is 133 cm³/mol. The summed E-state index contributed by atoms with van der Waals surface area (Å²) in [4.78, 5) is 26.6. The molecule has 2 heterocycles. The lowest BCUT2D eigenvalue weighted by Gasteiger charge is -2.33. The van der Waals surface area contributed by atoms with Gasteiger partial charge in [0.1, 0.15) is 0 Å². The van der Waals surface area contributed by atoms with E-state index < -0.39 is 48.0 Å². The van der Waals surface area contributed by atoms with Gasteiger partial charge >= 0.3 is 12.1 Å². The van der Waals surface area contributed by atoms with Crippen molar-refractivity contribution in [2.45, 2.75) is 76.1 Å². The van der Waals surface area contributed by atoms with E-state index in [0.29, 0.717) is 25.8 Å². The Labute approximate surface area is 223 Å². The van der Waals surface area contributed by atoms with Gasteiger partial charge in [-0.2, -0.15) is 18.3 Å². The molecule has 0 radical (unpaired) electrons. The zero-order valence-corrected chi connectivity index (χ0v) is 21.7. The van der Waals surface area contributed by atoms with E-state index in [1.54, 1.807) is 4.90 Å². The molecule has 1 aliphatic carbocycles. The molecule has 1 amide bonds. The maximum absolute atomic E-state index is 13.8. The maximum atomic E-state index is 13.8. The van der Waals surface area contributed by atoms with Gasteiger partial charge in [0.05, 0.1) is 29.8 Å². The molecule has 0 unspecified atom stereocenters. The number of nitrogens with one attached hydrogen (secondary N) is 1. The van der Waals surface area contributed by atoms with Crippen LogP contribution in [0.2, 0.25) is 0 Å². The molecule has 0 spiro atoms. The zero-order valence-electron chi connectivity index (χ0n) is 21.7. The Kier molecular flexibility index (Phi) is 8.63. The first-order chi connectivity index (χ1) is 18.4. The first-order valence-electron chi connectivity index (χ1n) is 13.3. The number of carboxylic acid groups (broad SMARTS) is 1. The van der Waals surface area contributed by atoms with Crippen LogP contribution in [0.3, 0.4) is 0 Å². The third-order valence-corrected chi connectivity index (χ3v) is 7.69. The lowest BCUT2D eigenvalue weighted by Crippen LogP contribution is -2.47. The summed E-state index contributed by atoms with van der Waals surface area (Å²) in [6.45, 7) is 1.60. The minimum Gasteiger partial charge on any atom is -0.481 e. The van der Waals surface area contributed by atoms with E-state index in [9.17, 15) is 36.6 Å². The van der Waals surface area contributed by atoms with Gasteiger partial charge in [-0.3, -0.25) is 19.2 Å². The first-order valence-corrected chi connectivity index (χ1v) is 13.3. The average molecular weight is 557 g/mol. The fourth-order valence-corrected chi connectivity index (χ4v) is 5.51. The van der Waals surface area contributed by atoms with Crippen molar-refractivity contribution in [1.82, 2.24) is 20.0 Å². The van der Waals surface area contributed by atoms with Gasteiger partial charge in [0, 0.05) is 24.6 Å². The second-order valence-electron chi connectivity index (χ2n) is 10.6. The fraction of sp³-hybridized carbons (Fsp3) is 0.593. The quantitative estimate of drug-likeness (QED) is 0.392. The summed E-state index contributed by atoms with van der Waals surface area (Å²) in [5.41, 5.74) is -0.893. The number of alkyl halides is 5. The van der Waals surface area contributed by atoms with Crippen LogP contribution in [-0.4, -0.2) is 63.3 Å². The summed E-state index contributed by atoms with van der Waals surface area (Å²) >= 11 is 0. The van der Waals surface area contributed by atoms with Gasteiger partial charge < -0.3 is 10.4 Å². The van der Waals surface area contributed by atoms with Crippen molar-refractivity contribution in [3.63, 3.8) is 0 Å². The predicted octanol–water partition coefficient (Wildman–Crippen LogP) is 5.62. The third-order valence-electron chi connectivity index (χ3n) is 7.69. The van der Waals surface area contributed by atoms with E-state index in [2.05, 4.69) is 10.4 Å². The monoisotopic (exact) mass is 556 g/mol. The summed E-state index contributed by atoms with van der Waals surface area (Å²) in [6, 6.07) is 5.36. The van der Waals surface area contributed by atoms with Gasteiger partial charge in [-0.25, -0.2) is 8.78 Å². The standard InChI is InChI=1S/C27H33F5N4O3/c1-17(25(38)39)21(11-14-35-13-6-12-26(28,29)16-35)33-24(37)22-15-23(36(34-22)18-7-2-3-8-18)19-9-4-5-10-20(19)27(30,31)32/h4-5,9-10,15,17-18,21H,2-3,6-8,11-14,16H2,1H3,(H,33,37)(H,38,39)/t17-,21-/m0/s1. The highest BCUT2D eigenvalue weighted by Gasteiger charge is 2.37. The Bertz CT molecular complexity index is 1180. The molecule has 2 N–H and O–H groups in total. The first kappa shape index (κ1) is 29.0. The molecule has 1 aliphatic heterocycles. The molecular formula is C27H33F5N4O3. The van der Waals surface area contributed by atoms with Gasteiger partial charge in [0.15, 0.2) is 5.69 Å². The molecule has 2 aromatic rings. The number of benzene rings is 1. The molecule has 1 saturated heterocycles. The van der Waals surface area contributed by atoms with Gasteiger partial charge in [-0.15, -0.1) is 0 Å². The lowest BCUT2D eigenvalue weighted by atomic mass is 9.97. The van der Waals surface area contributed by atoms with Crippen molar-refractivity contribution in [1.29, 1.82) is 0 Å². The molecule has 39 heavy (non-hydrogen) atoms. The van der Waals surface area contributed by atoms with Crippen LogP contribution in [0.25, 0.3) is 11.3 Å². The molecule has 2 aliphatic rings. The van der Waals surface area contributed by atoms with E-state index in [1.165, 1.54) is 35.9 Å². The minimum atomic E-state index is -4.61. The van der Waals surface area contributed by atoms with Crippen molar-refractivity contribution in [2.24, 2.45) is 5.92 Å². The van der Waals surface area contributed by atoms with Crippen LogP contribution in [0.4, 0.5) is 22.0 Å². The Morgan fingerprint density at radius 1 is 1.18 bits per heavy atom. The van der Waals surface area contributed by atoms with Crippen LogP contribution in [0, 0.1) is 5.92 Å². The third kappa shape index (κ3) is 6.95. The van der Waals surface area contributed by atoms with Crippen LogP contribution in [0.5, 0.6) is 0 Å². The lowest BCUT2D eigenvalue weighted by molar-refractivity contribution is -0.142. The fourth-order valence-electron chi connectivity index (χ4n) is 5.51. The number of nitrogens with zero attached hydrogens (tertiary/aromatic N) is 3. The highest BCUT2D eigenvalue weighted by Crippen LogP contribution is 2.40. The number of hydrogen-bond donors (Lipinski definition) is 2. The van der Waals surface area contributed by atoms with Crippen LogP contribution < -0.4 is 5.32 Å². The SMILES string of the molecule is C[C@H](C(=O)O)[C@H](CCN1CCCC(F)(F)C1)NC(=O)c1cc(-c2ccccc2C(F)(F)F)n(C2CCCC2)n1. The summed E-state index contributed by atoms with van der Waals surface area (Å²) in [5.74, 6) is -5.73. The summed E-state index contributed by atoms with van der Waals surface area (Å²) in [6.07, 6.45) is -1.18. The number of carbonyl (C=O) groups excluding carboxylic acids is 1. The Morgan fingerprint density at radius 2 is 1.87 bits per heavy atom. The number of carbonyl (C=O) groups is 2. The van der Waals surface area contributed by atoms with E-state index in [-0.39, 0.29) is 42.4 Å². The zero-order chi connectivity index (χ0) is 28.4. The second kappa shape index (κ2) is 11.6. The molecule has 1 saturated carbocycles. The molecule has 7 nitrogen and oxygen atoms in total. The van der Waals surface area contributed by atoms with Crippen LogP contribution in [-0.2, 0) is 11.0 Å². The highest BCUT2D eigenvalue weighted by molar-refractivity contribution is 5.94. The minimum absolute atomic E-state index is 0.0927. The van der Waals surface area contributed by atoms with E-state index in [4.69, 9.17) is 0 Å². The van der Waals surface area contributed by atoms with Gasteiger partial charge in [0.2, 0.25) is 0 Å². The van der Waals surface area contributed by atoms with E-state index in [1.807, 2.05) is 0 Å². The number of amides is 1. The maximum Gasteiger partial charge on any atom is 0.417 e. The van der Waals surface area contributed by atoms with Gasteiger partial charge in [-0.05, 0) is 51.3 Å². The normalized spacial score (nSPS) is 20.1. The molecule has 12 heteroatoms. The molecular weight excluding hydrogens is 523 g/mol. The van der Waals surface area contributed by atoms with Crippen molar-refractivity contribution < 1.29 is 36.6 Å². The number of aromatic nitrogens is 2.